The molecule has 0 unspecified atom stereocenters. The minimum atomic E-state index is -0.458. The Hall–Kier alpha value is -1.97. The van der Waals surface area contributed by atoms with Crippen molar-refractivity contribution in [1.82, 2.24) is 15.1 Å². The van der Waals surface area contributed by atoms with Crippen LogP contribution in [-0.4, -0.2) is 33.4 Å². The zero-order valence-electron chi connectivity index (χ0n) is 15.6. The average Bonchev–Trinajstić information content (AvgIpc) is 3.21. The molecule has 10 heteroatoms. The van der Waals surface area contributed by atoms with E-state index < -0.39 is 5.91 Å². The van der Waals surface area contributed by atoms with Crippen LogP contribution in [0.3, 0.4) is 0 Å². The first-order valence-electron chi connectivity index (χ1n) is 9.11. The molecule has 1 aliphatic rings. The summed E-state index contributed by atoms with van der Waals surface area (Å²) in [6, 6.07) is 0. The quantitative estimate of drug-likeness (QED) is 0.543. The highest BCUT2D eigenvalue weighted by Crippen LogP contribution is 2.38. The Morgan fingerprint density at radius 2 is 2.11 bits per heavy atom. The summed E-state index contributed by atoms with van der Waals surface area (Å²) in [4.78, 5) is 26.2. The van der Waals surface area contributed by atoms with Crippen LogP contribution in [0, 0.1) is 0 Å². The van der Waals surface area contributed by atoms with Gasteiger partial charge in [-0.15, -0.1) is 11.3 Å². The molecule has 3 rings (SSSR count). The molecule has 0 saturated heterocycles. The second-order valence-electron chi connectivity index (χ2n) is 6.20. The normalized spacial score (nSPS) is 13.0. The maximum absolute atomic E-state index is 12.6. The molecule has 1 aliphatic carbocycles. The zero-order chi connectivity index (χ0) is 20.3. The number of thiophene rings is 1. The molecule has 0 aliphatic heterocycles. The number of carbonyl (C=O) groups is 2. The van der Waals surface area contributed by atoms with Crippen molar-refractivity contribution in [1.29, 1.82) is 0 Å². The topological polar surface area (TPSA) is 85.2 Å². The Morgan fingerprint density at radius 1 is 1.36 bits per heavy atom. The maximum atomic E-state index is 12.6. The molecular weight excluding hydrogens is 420 g/mol. The standard InChI is InChI=1S/C18H21ClN4O3S2/c1-3-23-14(11(19)9-20-23)15(24)21-18(27)22-16-13(17(25)26-4-2)10-7-5-6-8-12(10)28-16/h9H,3-8H2,1-2H3,(H2,21,22,24,27). The van der Waals surface area contributed by atoms with Gasteiger partial charge < -0.3 is 10.1 Å². The molecule has 0 radical (unpaired) electrons. The highest BCUT2D eigenvalue weighted by molar-refractivity contribution is 7.80. The number of aromatic nitrogens is 2. The largest absolute Gasteiger partial charge is 0.462 e. The number of fused-ring (bicyclic) bond motifs is 1. The lowest BCUT2D eigenvalue weighted by Gasteiger charge is -2.13. The number of thiocarbonyl (C=S) groups is 1. The number of nitrogens with zero attached hydrogens (tertiary/aromatic N) is 2. The molecule has 2 heterocycles. The summed E-state index contributed by atoms with van der Waals surface area (Å²) >= 11 is 12.9. The van der Waals surface area contributed by atoms with Gasteiger partial charge in [0.05, 0.1) is 23.4 Å². The molecule has 7 nitrogen and oxygen atoms in total. The van der Waals surface area contributed by atoms with Gasteiger partial charge in [0.2, 0.25) is 0 Å². The number of esters is 1. The lowest BCUT2D eigenvalue weighted by molar-refractivity contribution is 0.0526. The SMILES string of the molecule is CCOC(=O)c1c(NC(=S)NC(=O)c2c(Cl)cnn2CC)sc2c1CCCC2. The molecule has 0 fully saturated rings. The van der Waals surface area contributed by atoms with Crippen LogP contribution in [-0.2, 0) is 24.1 Å². The second kappa shape index (κ2) is 9.02. The van der Waals surface area contributed by atoms with E-state index in [1.165, 1.54) is 22.2 Å². The minimum Gasteiger partial charge on any atom is -0.462 e. The third-order valence-electron chi connectivity index (χ3n) is 4.41. The first kappa shape index (κ1) is 20.8. The highest BCUT2D eigenvalue weighted by atomic mass is 35.5. The van der Waals surface area contributed by atoms with Crippen LogP contribution < -0.4 is 10.6 Å². The number of hydrogen-bond donors (Lipinski definition) is 2. The summed E-state index contributed by atoms with van der Waals surface area (Å²) in [5.41, 5.74) is 1.79. The van der Waals surface area contributed by atoms with Crippen LogP contribution in [0.25, 0.3) is 0 Å². The van der Waals surface area contributed by atoms with Crippen molar-refractivity contribution in [2.45, 2.75) is 46.1 Å². The number of aryl methyl sites for hydroxylation is 2. The molecule has 0 atom stereocenters. The van der Waals surface area contributed by atoms with Gasteiger partial charge in [0.1, 0.15) is 10.7 Å². The van der Waals surface area contributed by atoms with Crippen molar-refractivity contribution in [3.8, 4) is 0 Å². The molecule has 2 N–H and O–H groups in total. The van der Waals surface area contributed by atoms with Gasteiger partial charge in [-0.3, -0.25) is 14.8 Å². The summed E-state index contributed by atoms with van der Waals surface area (Å²) < 4.78 is 6.72. The Kier molecular flexibility index (Phi) is 6.69. The van der Waals surface area contributed by atoms with E-state index in [2.05, 4.69) is 15.7 Å². The Bertz CT molecular complexity index is 922. The predicted molar refractivity (Wildman–Crippen MR) is 114 cm³/mol. The molecule has 28 heavy (non-hydrogen) atoms. The molecule has 0 saturated carbocycles. The van der Waals surface area contributed by atoms with E-state index in [4.69, 9.17) is 28.6 Å². The van der Waals surface area contributed by atoms with Gasteiger partial charge in [-0.1, -0.05) is 11.6 Å². The number of halogens is 1. The summed E-state index contributed by atoms with van der Waals surface area (Å²) in [5, 5.41) is 10.6. The number of rotatable bonds is 5. The molecule has 0 aromatic carbocycles. The van der Waals surface area contributed by atoms with Gasteiger partial charge in [0.15, 0.2) is 5.11 Å². The van der Waals surface area contributed by atoms with Crippen molar-refractivity contribution in [2.75, 3.05) is 11.9 Å². The lowest BCUT2D eigenvalue weighted by atomic mass is 9.95. The molecular formula is C18H21ClN4O3S2. The van der Waals surface area contributed by atoms with Crippen molar-refractivity contribution in [3.63, 3.8) is 0 Å². The van der Waals surface area contributed by atoms with E-state index >= 15 is 0 Å². The van der Waals surface area contributed by atoms with Gasteiger partial charge in [0, 0.05) is 11.4 Å². The number of carbonyl (C=O) groups excluding carboxylic acids is 2. The summed E-state index contributed by atoms with van der Waals surface area (Å²) in [7, 11) is 0. The predicted octanol–water partition coefficient (Wildman–Crippen LogP) is 3.80. The smallest absolute Gasteiger partial charge is 0.341 e. The van der Waals surface area contributed by atoms with Gasteiger partial charge in [-0.05, 0) is 57.3 Å². The number of hydrogen-bond acceptors (Lipinski definition) is 6. The van der Waals surface area contributed by atoms with E-state index in [1.807, 2.05) is 6.92 Å². The fourth-order valence-electron chi connectivity index (χ4n) is 3.20. The van der Waals surface area contributed by atoms with E-state index in [0.717, 1.165) is 36.1 Å². The lowest BCUT2D eigenvalue weighted by Crippen LogP contribution is -2.35. The molecule has 150 valence electrons. The Morgan fingerprint density at radius 3 is 2.82 bits per heavy atom. The Labute approximate surface area is 177 Å². The van der Waals surface area contributed by atoms with Crippen LogP contribution in [0.5, 0.6) is 0 Å². The number of nitrogens with one attached hydrogen (secondary N) is 2. The Balaban J connectivity index is 1.80. The monoisotopic (exact) mass is 440 g/mol. The van der Waals surface area contributed by atoms with Gasteiger partial charge in [-0.25, -0.2) is 4.79 Å². The summed E-state index contributed by atoms with van der Waals surface area (Å²) in [6.45, 7) is 4.43. The first-order chi connectivity index (χ1) is 13.5. The van der Waals surface area contributed by atoms with Crippen LogP contribution in [0.1, 0.15) is 58.0 Å². The van der Waals surface area contributed by atoms with Crippen LogP contribution in [0.2, 0.25) is 5.02 Å². The third-order valence-corrected chi connectivity index (χ3v) is 6.10. The van der Waals surface area contributed by atoms with Crippen molar-refractivity contribution in [2.24, 2.45) is 0 Å². The molecule has 0 bridgehead atoms. The number of amides is 1. The van der Waals surface area contributed by atoms with Gasteiger partial charge in [-0.2, -0.15) is 5.10 Å². The third kappa shape index (κ3) is 4.21. The van der Waals surface area contributed by atoms with E-state index in [0.29, 0.717) is 23.7 Å². The van der Waals surface area contributed by atoms with Gasteiger partial charge in [0.25, 0.3) is 5.91 Å². The van der Waals surface area contributed by atoms with E-state index in [1.54, 1.807) is 6.92 Å². The minimum absolute atomic E-state index is 0.0917. The van der Waals surface area contributed by atoms with Crippen molar-refractivity contribution < 1.29 is 14.3 Å². The van der Waals surface area contributed by atoms with Gasteiger partial charge >= 0.3 is 5.97 Å². The molecule has 2 aromatic heterocycles. The molecule has 2 aromatic rings. The van der Waals surface area contributed by atoms with E-state index in [9.17, 15) is 9.59 Å². The van der Waals surface area contributed by atoms with Crippen LogP contribution >= 0.6 is 35.2 Å². The summed E-state index contributed by atoms with van der Waals surface area (Å²) in [6.07, 6.45) is 5.32. The van der Waals surface area contributed by atoms with Crippen LogP contribution in [0.15, 0.2) is 6.20 Å². The fourth-order valence-corrected chi connectivity index (χ4v) is 4.97. The number of anilines is 1. The molecule has 1 amide bonds. The summed E-state index contributed by atoms with van der Waals surface area (Å²) in [5.74, 6) is -0.827. The maximum Gasteiger partial charge on any atom is 0.341 e. The highest BCUT2D eigenvalue weighted by Gasteiger charge is 2.27. The fraction of sp³-hybridized carbons (Fsp3) is 0.444. The first-order valence-corrected chi connectivity index (χ1v) is 10.7. The second-order valence-corrected chi connectivity index (χ2v) is 8.12. The average molecular weight is 441 g/mol. The molecule has 0 spiro atoms. The van der Waals surface area contributed by atoms with Crippen molar-refractivity contribution >= 4 is 57.1 Å². The van der Waals surface area contributed by atoms with E-state index in [-0.39, 0.29) is 21.8 Å². The zero-order valence-corrected chi connectivity index (χ0v) is 18.0. The number of ether oxygens (including phenoxy) is 1. The van der Waals surface area contributed by atoms with Crippen molar-refractivity contribution in [3.05, 3.63) is 32.9 Å². The van der Waals surface area contributed by atoms with Crippen LogP contribution in [0.4, 0.5) is 5.00 Å².